The van der Waals surface area contributed by atoms with Crippen molar-refractivity contribution in [3.63, 3.8) is 0 Å². The van der Waals surface area contributed by atoms with Gasteiger partial charge < -0.3 is 15.6 Å². The third kappa shape index (κ3) is 2.83. The standard InChI is InChI=1S/C22H22N6O2S/c1-14-11-17(13-25-18(14)12-23)27-19(29)22(7-2-8-22)28(21(27)31)16-5-3-15(4-6-16)26-10-9-24-20(26)30/h3-6,11-13,23H,2,7-10H2,1H3,(H,24,30). The Morgan fingerprint density at radius 1 is 1.16 bits per heavy atom. The van der Waals surface area contributed by atoms with Gasteiger partial charge in [-0.1, -0.05) is 0 Å². The van der Waals surface area contributed by atoms with Crippen molar-refractivity contribution >= 4 is 52.5 Å². The van der Waals surface area contributed by atoms with Crippen LogP contribution in [0.3, 0.4) is 0 Å². The molecule has 1 aromatic carbocycles. The molecule has 9 heteroatoms. The lowest BCUT2D eigenvalue weighted by molar-refractivity contribution is -0.123. The number of thiocarbonyl (C=S) groups is 1. The molecule has 0 unspecified atom stereocenters. The van der Waals surface area contributed by atoms with Crippen LogP contribution in [-0.4, -0.2) is 46.9 Å². The number of urea groups is 1. The molecular formula is C22H22N6O2S. The number of benzene rings is 1. The first kappa shape index (κ1) is 19.6. The lowest BCUT2D eigenvalue weighted by Crippen LogP contribution is -2.55. The number of hydrogen-bond donors (Lipinski definition) is 2. The lowest BCUT2D eigenvalue weighted by atomic mass is 9.75. The molecule has 2 saturated heterocycles. The van der Waals surface area contributed by atoms with Gasteiger partial charge in [0.05, 0.1) is 17.6 Å². The number of nitrogens with zero attached hydrogens (tertiary/aromatic N) is 4. The lowest BCUT2D eigenvalue weighted by Gasteiger charge is -2.43. The molecule has 1 saturated carbocycles. The average molecular weight is 435 g/mol. The number of carbonyl (C=O) groups is 2. The van der Waals surface area contributed by atoms with Crippen molar-refractivity contribution in [3.05, 3.63) is 47.8 Å². The molecule has 158 valence electrons. The Morgan fingerprint density at radius 3 is 2.42 bits per heavy atom. The summed E-state index contributed by atoms with van der Waals surface area (Å²) < 4.78 is 0. The number of anilines is 3. The summed E-state index contributed by atoms with van der Waals surface area (Å²) in [7, 11) is 0. The molecule has 5 rings (SSSR count). The van der Waals surface area contributed by atoms with Crippen LogP contribution < -0.4 is 20.0 Å². The second-order valence-electron chi connectivity index (χ2n) is 8.08. The minimum Gasteiger partial charge on any atom is -0.336 e. The topological polar surface area (TPSA) is 92.6 Å². The third-order valence-electron chi connectivity index (χ3n) is 6.37. The van der Waals surface area contributed by atoms with Crippen molar-refractivity contribution in [2.24, 2.45) is 0 Å². The van der Waals surface area contributed by atoms with E-state index in [1.165, 1.54) is 6.21 Å². The number of aromatic nitrogens is 1. The number of rotatable bonds is 4. The van der Waals surface area contributed by atoms with Crippen molar-refractivity contribution < 1.29 is 9.59 Å². The van der Waals surface area contributed by atoms with E-state index >= 15 is 0 Å². The normalized spacial score (nSPS) is 19.8. The van der Waals surface area contributed by atoms with Crippen molar-refractivity contribution in [3.8, 4) is 0 Å². The van der Waals surface area contributed by atoms with Crippen LogP contribution in [0.5, 0.6) is 0 Å². The van der Waals surface area contributed by atoms with Crippen LogP contribution in [0.15, 0.2) is 36.5 Å². The second kappa shape index (κ2) is 7.12. The Bertz CT molecular complexity index is 1110. The molecule has 1 aromatic heterocycles. The van der Waals surface area contributed by atoms with Gasteiger partial charge in [-0.15, -0.1) is 0 Å². The van der Waals surface area contributed by atoms with Gasteiger partial charge in [-0.3, -0.25) is 19.6 Å². The van der Waals surface area contributed by atoms with E-state index < -0.39 is 5.54 Å². The van der Waals surface area contributed by atoms with Gasteiger partial charge in [0.1, 0.15) is 5.54 Å². The van der Waals surface area contributed by atoms with Gasteiger partial charge in [0.25, 0.3) is 5.91 Å². The quantitative estimate of drug-likeness (QED) is 0.570. The summed E-state index contributed by atoms with van der Waals surface area (Å²) in [5.41, 5.74) is 2.99. The number of pyridine rings is 1. The van der Waals surface area contributed by atoms with Crippen molar-refractivity contribution in [2.45, 2.75) is 31.7 Å². The van der Waals surface area contributed by atoms with Gasteiger partial charge in [0, 0.05) is 30.7 Å². The van der Waals surface area contributed by atoms with E-state index in [-0.39, 0.29) is 11.9 Å². The highest BCUT2D eigenvalue weighted by Gasteiger charge is 2.59. The van der Waals surface area contributed by atoms with Crippen LogP contribution in [0.25, 0.3) is 0 Å². The van der Waals surface area contributed by atoms with Crippen LogP contribution in [0, 0.1) is 12.3 Å². The van der Waals surface area contributed by atoms with Gasteiger partial charge in [-0.05, 0) is 74.3 Å². The fraction of sp³-hybridized carbons (Fsp3) is 0.318. The Morgan fingerprint density at radius 2 is 1.87 bits per heavy atom. The SMILES string of the molecule is Cc1cc(N2C(=O)C3(CCC3)N(c3ccc(N4CCNC4=O)cc3)C2=S)cnc1C=N. The molecule has 3 aliphatic rings. The predicted octanol–water partition coefficient (Wildman–Crippen LogP) is 2.98. The second-order valence-corrected chi connectivity index (χ2v) is 8.45. The first-order chi connectivity index (χ1) is 15.0. The van der Waals surface area contributed by atoms with E-state index in [9.17, 15) is 9.59 Å². The van der Waals surface area contributed by atoms with Crippen LogP contribution in [0.4, 0.5) is 21.9 Å². The molecule has 3 amide bonds. The molecular weight excluding hydrogens is 412 g/mol. The maximum atomic E-state index is 13.6. The number of amides is 3. The molecule has 2 N–H and O–H groups in total. The molecule has 8 nitrogen and oxygen atoms in total. The zero-order chi connectivity index (χ0) is 21.8. The van der Waals surface area contributed by atoms with Gasteiger partial charge in [-0.2, -0.15) is 0 Å². The molecule has 0 atom stereocenters. The van der Waals surface area contributed by atoms with Crippen LogP contribution in [-0.2, 0) is 4.79 Å². The smallest absolute Gasteiger partial charge is 0.321 e. The highest BCUT2D eigenvalue weighted by Crippen LogP contribution is 2.48. The number of carbonyl (C=O) groups excluding carboxylic acids is 2. The highest BCUT2D eigenvalue weighted by molar-refractivity contribution is 7.81. The van der Waals surface area contributed by atoms with E-state index in [2.05, 4.69) is 10.3 Å². The van der Waals surface area contributed by atoms with Gasteiger partial charge in [0.15, 0.2) is 5.11 Å². The highest BCUT2D eigenvalue weighted by atomic mass is 32.1. The molecule has 0 radical (unpaired) electrons. The molecule has 2 aromatic rings. The fourth-order valence-electron chi connectivity index (χ4n) is 4.55. The van der Waals surface area contributed by atoms with Crippen LogP contribution in [0.1, 0.15) is 30.5 Å². The maximum absolute atomic E-state index is 13.6. The van der Waals surface area contributed by atoms with E-state index in [1.54, 1.807) is 16.0 Å². The minimum absolute atomic E-state index is 0.0319. The molecule has 31 heavy (non-hydrogen) atoms. The molecule has 1 spiro atoms. The minimum atomic E-state index is -0.669. The van der Waals surface area contributed by atoms with Crippen molar-refractivity contribution in [1.82, 2.24) is 10.3 Å². The Hall–Kier alpha value is -3.33. The Labute approximate surface area is 185 Å². The predicted molar refractivity (Wildman–Crippen MR) is 123 cm³/mol. The Kier molecular flexibility index (Phi) is 4.51. The number of nitrogens with one attached hydrogen (secondary N) is 2. The molecule has 3 fully saturated rings. The van der Waals surface area contributed by atoms with Gasteiger partial charge >= 0.3 is 6.03 Å². The summed E-state index contributed by atoms with van der Waals surface area (Å²) in [5.74, 6) is -0.0319. The van der Waals surface area contributed by atoms with Crippen molar-refractivity contribution in [1.29, 1.82) is 5.41 Å². The molecule has 2 aliphatic heterocycles. The summed E-state index contributed by atoms with van der Waals surface area (Å²) in [6, 6.07) is 9.39. The largest absolute Gasteiger partial charge is 0.336 e. The zero-order valence-corrected chi connectivity index (χ0v) is 17.9. The van der Waals surface area contributed by atoms with E-state index in [4.69, 9.17) is 17.6 Å². The van der Waals surface area contributed by atoms with Gasteiger partial charge in [0.2, 0.25) is 0 Å². The number of hydrogen-bond acceptors (Lipinski definition) is 5. The number of aryl methyl sites for hydroxylation is 1. The van der Waals surface area contributed by atoms with Gasteiger partial charge in [-0.25, -0.2) is 4.79 Å². The zero-order valence-electron chi connectivity index (χ0n) is 17.1. The van der Waals surface area contributed by atoms with E-state index in [0.29, 0.717) is 29.6 Å². The molecule has 0 bridgehead atoms. The summed E-state index contributed by atoms with van der Waals surface area (Å²) in [5, 5.41) is 10.7. The third-order valence-corrected chi connectivity index (χ3v) is 6.73. The summed E-state index contributed by atoms with van der Waals surface area (Å²) >= 11 is 5.80. The first-order valence-electron chi connectivity index (χ1n) is 10.3. The monoisotopic (exact) mass is 434 g/mol. The van der Waals surface area contributed by atoms with E-state index in [0.717, 1.165) is 36.2 Å². The Balaban J connectivity index is 1.50. The van der Waals surface area contributed by atoms with Crippen LogP contribution in [0.2, 0.25) is 0 Å². The van der Waals surface area contributed by atoms with Crippen molar-refractivity contribution in [2.75, 3.05) is 27.8 Å². The first-order valence-corrected chi connectivity index (χ1v) is 10.7. The average Bonchev–Trinajstić information content (AvgIpc) is 3.26. The fourth-order valence-corrected chi connectivity index (χ4v) is 5.02. The maximum Gasteiger partial charge on any atom is 0.321 e. The summed E-state index contributed by atoms with van der Waals surface area (Å²) in [4.78, 5) is 35.0. The summed E-state index contributed by atoms with van der Waals surface area (Å²) in [6.45, 7) is 3.13. The van der Waals surface area contributed by atoms with Crippen LogP contribution >= 0.6 is 12.2 Å². The molecule has 1 aliphatic carbocycles. The molecule has 3 heterocycles. The summed E-state index contributed by atoms with van der Waals surface area (Å²) in [6.07, 6.45) is 5.25. The van der Waals surface area contributed by atoms with E-state index in [1.807, 2.05) is 42.2 Å².